The molecule has 0 spiro atoms. The zero-order valence-electron chi connectivity index (χ0n) is 11.4. The third-order valence-corrected chi connectivity index (χ3v) is 4.48. The normalized spacial score (nSPS) is 23.6. The molecule has 0 amide bonds. The van der Waals surface area contributed by atoms with E-state index in [1.54, 1.807) is 0 Å². The lowest BCUT2D eigenvalue weighted by molar-refractivity contribution is 0.258. The lowest BCUT2D eigenvalue weighted by atomic mass is 9.78. The third-order valence-electron chi connectivity index (χ3n) is 4.48. The molecule has 0 N–H and O–H groups in total. The second-order valence-electron chi connectivity index (χ2n) is 5.67. The van der Waals surface area contributed by atoms with Gasteiger partial charge in [0.05, 0.1) is 0 Å². The lowest BCUT2D eigenvalue weighted by Gasteiger charge is -2.27. The zero-order chi connectivity index (χ0) is 13.8. The standard InChI is InChI=1S/C16H21F3/c1-2-11-3-5-12(6-4-11)7-8-13-9-10-14(17)16(19)15(13)18/h9-12H,2-8H2,1H3. The van der Waals surface area contributed by atoms with Crippen LogP contribution in [0.4, 0.5) is 13.2 Å². The van der Waals surface area contributed by atoms with E-state index in [0.29, 0.717) is 17.9 Å². The topological polar surface area (TPSA) is 0 Å². The maximum atomic E-state index is 13.5. The fraction of sp³-hybridized carbons (Fsp3) is 0.625. The van der Waals surface area contributed by atoms with Gasteiger partial charge in [-0.3, -0.25) is 0 Å². The van der Waals surface area contributed by atoms with Crippen LogP contribution < -0.4 is 0 Å². The van der Waals surface area contributed by atoms with Gasteiger partial charge in [0.1, 0.15) is 0 Å². The van der Waals surface area contributed by atoms with Gasteiger partial charge in [-0.2, -0.15) is 0 Å². The molecule has 0 heterocycles. The van der Waals surface area contributed by atoms with Gasteiger partial charge in [-0.25, -0.2) is 13.2 Å². The monoisotopic (exact) mass is 270 g/mol. The van der Waals surface area contributed by atoms with Crippen molar-refractivity contribution in [3.63, 3.8) is 0 Å². The van der Waals surface area contributed by atoms with Crippen molar-refractivity contribution in [3.8, 4) is 0 Å². The van der Waals surface area contributed by atoms with E-state index in [1.165, 1.54) is 38.2 Å². The summed E-state index contributed by atoms with van der Waals surface area (Å²) < 4.78 is 39.4. The van der Waals surface area contributed by atoms with Crippen LogP contribution in [0.2, 0.25) is 0 Å². The molecule has 1 fully saturated rings. The largest absolute Gasteiger partial charge is 0.204 e. The van der Waals surface area contributed by atoms with E-state index in [-0.39, 0.29) is 0 Å². The van der Waals surface area contributed by atoms with Gasteiger partial charge in [0.2, 0.25) is 0 Å². The minimum Gasteiger partial charge on any atom is -0.204 e. The molecule has 0 unspecified atom stereocenters. The van der Waals surface area contributed by atoms with Gasteiger partial charge >= 0.3 is 0 Å². The van der Waals surface area contributed by atoms with Gasteiger partial charge in [-0.05, 0) is 36.3 Å². The van der Waals surface area contributed by atoms with Crippen molar-refractivity contribution in [1.82, 2.24) is 0 Å². The molecule has 0 saturated heterocycles. The molecule has 0 bridgehead atoms. The van der Waals surface area contributed by atoms with Crippen LogP contribution in [0.1, 0.15) is 51.0 Å². The van der Waals surface area contributed by atoms with Crippen molar-refractivity contribution < 1.29 is 13.2 Å². The number of benzene rings is 1. The van der Waals surface area contributed by atoms with E-state index >= 15 is 0 Å². The fourth-order valence-corrected chi connectivity index (χ4v) is 3.05. The summed E-state index contributed by atoms with van der Waals surface area (Å²) in [5.74, 6) is -2.01. The van der Waals surface area contributed by atoms with E-state index in [1.807, 2.05) is 0 Å². The van der Waals surface area contributed by atoms with Gasteiger partial charge in [-0.15, -0.1) is 0 Å². The van der Waals surface area contributed by atoms with Crippen LogP contribution >= 0.6 is 0 Å². The van der Waals surface area contributed by atoms with Crippen LogP contribution in [0.15, 0.2) is 12.1 Å². The average molecular weight is 270 g/mol. The molecule has 1 saturated carbocycles. The molecule has 19 heavy (non-hydrogen) atoms. The van der Waals surface area contributed by atoms with E-state index in [2.05, 4.69) is 6.92 Å². The van der Waals surface area contributed by atoms with Crippen molar-refractivity contribution in [2.24, 2.45) is 11.8 Å². The van der Waals surface area contributed by atoms with E-state index < -0.39 is 17.5 Å². The Morgan fingerprint density at radius 3 is 2.21 bits per heavy atom. The van der Waals surface area contributed by atoms with Crippen molar-refractivity contribution in [2.75, 3.05) is 0 Å². The number of hydrogen-bond donors (Lipinski definition) is 0. The SMILES string of the molecule is CCC1CCC(CCc2ccc(F)c(F)c2F)CC1. The molecule has 0 aliphatic heterocycles. The summed E-state index contributed by atoms with van der Waals surface area (Å²) >= 11 is 0. The predicted molar refractivity (Wildman–Crippen MR) is 70.4 cm³/mol. The van der Waals surface area contributed by atoms with Crippen molar-refractivity contribution in [1.29, 1.82) is 0 Å². The van der Waals surface area contributed by atoms with Crippen LogP contribution in [0.5, 0.6) is 0 Å². The molecule has 1 aromatic rings. The first-order valence-corrected chi connectivity index (χ1v) is 7.24. The van der Waals surface area contributed by atoms with Gasteiger partial charge in [0.15, 0.2) is 17.5 Å². The van der Waals surface area contributed by atoms with Crippen LogP contribution in [0.3, 0.4) is 0 Å². The molecular weight excluding hydrogens is 249 g/mol. The average Bonchev–Trinajstić information content (AvgIpc) is 2.45. The number of aryl methyl sites for hydroxylation is 1. The third kappa shape index (κ3) is 3.52. The maximum absolute atomic E-state index is 13.5. The molecule has 0 aromatic heterocycles. The molecular formula is C16H21F3. The number of rotatable bonds is 4. The summed E-state index contributed by atoms with van der Waals surface area (Å²) in [4.78, 5) is 0. The Labute approximate surface area is 113 Å². The van der Waals surface area contributed by atoms with Crippen LogP contribution in [-0.2, 0) is 6.42 Å². The highest BCUT2D eigenvalue weighted by molar-refractivity contribution is 5.20. The van der Waals surface area contributed by atoms with Gasteiger partial charge < -0.3 is 0 Å². The second-order valence-corrected chi connectivity index (χ2v) is 5.67. The summed E-state index contributed by atoms with van der Waals surface area (Å²) in [7, 11) is 0. The Hall–Kier alpha value is -0.990. The van der Waals surface area contributed by atoms with Gasteiger partial charge in [-0.1, -0.05) is 45.1 Å². The highest BCUT2D eigenvalue weighted by Gasteiger charge is 2.21. The quantitative estimate of drug-likeness (QED) is 0.655. The summed E-state index contributed by atoms with van der Waals surface area (Å²) in [5.41, 5.74) is 0.302. The summed E-state index contributed by atoms with van der Waals surface area (Å²) in [6.07, 6.45) is 7.49. The van der Waals surface area contributed by atoms with Gasteiger partial charge in [0.25, 0.3) is 0 Å². The Balaban J connectivity index is 1.88. The fourth-order valence-electron chi connectivity index (χ4n) is 3.05. The second kappa shape index (κ2) is 6.44. The molecule has 0 atom stereocenters. The van der Waals surface area contributed by atoms with Gasteiger partial charge in [0, 0.05) is 0 Å². The van der Waals surface area contributed by atoms with E-state index in [9.17, 15) is 13.2 Å². The molecule has 1 aromatic carbocycles. The minimum absolute atomic E-state index is 0.302. The predicted octanol–water partition coefficient (Wildman–Crippen LogP) is 5.25. The Morgan fingerprint density at radius 1 is 0.947 bits per heavy atom. The number of halogens is 3. The lowest BCUT2D eigenvalue weighted by Crippen LogP contribution is -2.14. The van der Waals surface area contributed by atoms with E-state index in [4.69, 9.17) is 0 Å². The first kappa shape index (κ1) is 14.4. The zero-order valence-corrected chi connectivity index (χ0v) is 11.4. The highest BCUT2D eigenvalue weighted by atomic mass is 19.2. The van der Waals surface area contributed by atoms with E-state index in [0.717, 1.165) is 18.4 Å². The molecule has 3 heteroatoms. The maximum Gasteiger partial charge on any atom is 0.194 e. The smallest absolute Gasteiger partial charge is 0.194 e. The Morgan fingerprint density at radius 2 is 1.58 bits per heavy atom. The summed E-state index contributed by atoms with van der Waals surface area (Å²) in [5, 5.41) is 0. The molecule has 1 aliphatic carbocycles. The first-order valence-electron chi connectivity index (χ1n) is 7.24. The Bertz CT molecular complexity index is 420. The Kier molecular flexibility index (Phi) is 4.89. The van der Waals surface area contributed by atoms with Crippen molar-refractivity contribution in [3.05, 3.63) is 35.1 Å². The number of hydrogen-bond acceptors (Lipinski definition) is 0. The summed E-state index contributed by atoms with van der Waals surface area (Å²) in [6.45, 7) is 2.22. The molecule has 106 valence electrons. The first-order chi connectivity index (χ1) is 9.11. The summed E-state index contributed by atoms with van der Waals surface area (Å²) in [6, 6.07) is 2.38. The molecule has 2 rings (SSSR count). The van der Waals surface area contributed by atoms with Crippen LogP contribution in [0, 0.1) is 29.3 Å². The molecule has 0 radical (unpaired) electrons. The van der Waals surface area contributed by atoms with Crippen molar-refractivity contribution >= 4 is 0 Å². The molecule has 0 nitrogen and oxygen atoms in total. The minimum atomic E-state index is -1.34. The van der Waals surface area contributed by atoms with Crippen molar-refractivity contribution in [2.45, 2.75) is 51.9 Å². The van der Waals surface area contributed by atoms with Crippen LogP contribution in [-0.4, -0.2) is 0 Å². The highest BCUT2D eigenvalue weighted by Crippen LogP contribution is 2.33. The van der Waals surface area contributed by atoms with Crippen LogP contribution in [0.25, 0.3) is 0 Å². The molecule has 1 aliphatic rings.